The third kappa shape index (κ3) is 6.11. The predicted molar refractivity (Wildman–Crippen MR) is 154 cm³/mol. The molecule has 2 saturated heterocycles. The molecule has 2 fully saturated rings. The number of amides is 1. The number of benzene rings is 1. The standard InChI is InChI=1S/C30H43FN6O3/c1-20-9-10-24(31)21(2)26(20)37-13-11-23-25(18-37)32-28(39-19-22-8-7-12-34(22)6)33-27(23)35-14-16-36(17-15-35)29(38)40-30(3,4)5/h9-10,22H,7-8,11-19H2,1-6H3/t22-/m0/s1. The average molecular weight is 555 g/mol. The molecule has 218 valence electrons. The van der Waals surface area contributed by atoms with E-state index in [1.54, 1.807) is 4.90 Å². The van der Waals surface area contributed by atoms with Gasteiger partial charge in [0.25, 0.3) is 0 Å². The van der Waals surface area contributed by atoms with Crippen molar-refractivity contribution in [1.82, 2.24) is 19.8 Å². The number of carbonyl (C=O) groups is 1. The third-order valence-corrected chi connectivity index (χ3v) is 8.21. The van der Waals surface area contributed by atoms with Crippen molar-refractivity contribution in [3.8, 4) is 6.01 Å². The summed E-state index contributed by atoms with van der Waals surface area (Å²) in [6, 6.07) is 4.12. The second-order valence-electron chi connectivity index (χ2n) is 12.3. The first-order chi connectivity index (χ1) is 19.0. The smallest absolute Gasteiger partial charge is 0.410 e. The van der Waals surface area contributed by atoms with Crippen LogP contribution in [-0.4, -0.2) is 90.4 Å². The van der Waals surface area contributed by atoms with E-state index in [-0.39, 0.29) is 11.9 Å². The molecule has 5 rings (SSSR count). The lowest BCUT2D eigenvalue weighted by atomic mass is 10.0. The van der Waals surface area contributed by atoms with Crippen LogP contribution in [0.25, 0.3) is 0 Å². The number of rotatable bonds is 5. The highest BCUT2D eigenvalue weighted by Crippen LogP contribution is 2.35. The second-order valence-corrected chi connectivity index (χ2v) is 12.3. The lowest BCUT2D eigenvalue weighted by molar-refractivity contribution is 0.0240. The van der Waals surface area contributed by atoms with E-state index in [0.717, 1.165) is 54.3 Å². The van der Waals surface area contributed by atoms with Gasteiger partial charge in [-0.2, -0.15) is 9.97 Å². The Kier molecular flexibility index (Phi) is 8.08. The van der Waals surface area contributed by atoms with Gasteiger partial charge < -0.3 is 29.1 Å². The summed E-state index contributed by atoms with van der Waals surface area (Å²) in [5.41, 5.74) is 4.16. The summed E-state index contributed by atoms with van der Waals surface area (Å²) in [7, 11) is 2.13. The fourth-order valence-corrected chi connectivity index (χ4v) is 5.99. The van der Waals surface area contributed by atoms with Crippen LogP contribution in [0, 0.1) is 19.7 Å². The van der Waals surface area contributed by atoms with Gasteiger partial charge >= 0.3 is 12.1 Å². The zero-order valence-electron chi connectivity index (χ0n) is 24.8. The van der Waals surface area contributed by atoms with Crippen molar-refractivity contribution in [3.05, 3.63) is 40.3 Å². The Morgan fingerprint density at radius 1 is 1.05 bits per heavy atom. The number of likely N-dealkylation sites (tertiary alicyclic amines) is 1. The number of piperazine rings is 1. The maximum atomic E-state index is 14.5. The molecular formula is C30H43FN6O3. The van der Waals surface area contributed by atoms with Gasteiger partial charge in [-0.1, -0.05) is 6.07 Å². The normalized spacial score (nSPS) is 20.1. The molecule has 10 heteroatoms. The fraction of sp³-hybridized carbons (Fsp3) is 0.633. The molecule has 0 aliphatic carbocycles. The Morgan fingerprint density at radius 3 is 2.48 bits per heavy atom. The van der Waals surface area contributed by atoms with Gasteiger partial charge in [-0.3, -0.25) is 0 Å². The number of likely N-dealkylation sites (N-methyl/N-ethyl adjacent to an activating group) is 1. The quantitative estimate of drug-likeness (QED) is 0.541. The Balaban J connectivity index is 1.40. The number of hydrogen-bond acceptors (Lipinski definition) is 8. The number of aryl methyl sites for hydroxylation is 1. The van der Waals surface area contributed by atoms with E-state index in [9.17, 15) is 9.18 Å². The minimum absolute atomic E-state index is 0.192. The number of carbonyl (C=O) groups excluding carboxylic acids is 1. The fourth-order valence-electron chi connectivity index (χ4n) is 5.99. The topological polar surface area (TPSA) is 74.3 Å². The van der Waals surface area contributed by atoms with Gasteiger partial charge in [-0.15, -0.1) is 0 Å². The van der Waals surface area contributed by atoms with Crippen LogP contribution in [0.4, 0.5) is 20.7 Å². The molecule has 3 aliphatic heterocycles. The van der Waals surface area contributed by atoms with Crippen LogP contribution in [0.1, 0.15) is 56.0 Å². The molecule has 3 aliphatic rings. The van der Waals surface area contributed by atoms with Crippen molar-refractivity contribution in [2.45, 2.75) is 72.1 Å². The van der Waals surface area contributed by atoms with E-state index in [1.165, 1.54) is 12.5 Å². The molecular weight excluding hydrogens is 511 g/mol. The number of fused-ring (bicyclic) bond motifs is 1. The molecule has 1 amide bonds. The van der Waals surface area contributed by atoms with Gasteiger partial charge in [0.1, 0.15) is 23.8 Å². The van der Waals surface area contributed by atoms with Crippen LogP contribution in [0.2, 0.25) is 0 Å². The summed E-state index contributed by atoms with van der Waals surface area (Å²) in [6.45, 7) is 14.9. The highest BCUT2D eigenvalue weighted by Gasteiger charge is 2.31. The van der Waals surface area contributed by atoms with Crippen LogP contribution in [0.3, 0.4) is 0 Å². The summed E-state index contributed by atoms with van der Waals surface area (Å²) in [6.07, 6.45) is 2.74. The number of anilines is 2. The molecule has 2 aromatic rings. The van der Waals surface area contributed by atoms with Gasteiger partial charge in [-0.05, 0) is 79.1 Å². The van der Waals surface area contributed by atoms with Crippen molar-refractivity contribution in [2.75, 3.05) is 62.7 Å². The first-order valence-corrected chi connectivity index (χ1v) is 14.5. The molecule has 0 spiro atoms. The van der Waals surface area contributed by atoms with Gasteiger partial charge in [0.15, 0.2) is 0 Å². The minimum Gasteiger partial charge on any atom is -0.462 e. The molecule has 1 aromatic heterocycles. The summed E-state index contributed by atoms with van der Waals surface area (Å²) in [5, 5.41) is 0. The summed E-state index contributed by atoms with van der Waals surface area (Å²) in [4.78, 5) is 31.0. The Labute approximate surface area is 237 Å². The molecule has 0 N–H and O–H groups in total. The first-order valence-electron chi connectivity index (χ1n) is 14.5. The molecule has 4 heterocycles. The van der Waals surface area contributed by atoms with Crippen molar-refractivity contribution in [1.29, 1.82) is 0 Å². The minimum atomic E-state index is -0.524. The van der Waals surface area contributed by atoms with Crippen LogP contribution in [-0.2, 0) is 17.7 Å². The van der Waals surface area contributed by atoms with E-state index >= 15 is 0 Å². The van der Waals surface area contributed by atoms with E-state index in [0.29, 0.717) is 56.9 Å². The van der Waals surface area contributed by atoms with Crippen LogP contribution < -0.4 is 14.5 Å². The second kappa shape index (κ2) is 11.4. The highest BCUT2D eigenvalue weighted by molar-refractivity contribution is 5.69. The molecule has 0 bridgehead atoms. The molecule has 0 unspecified atom stereocenters. The van der Waals surface area contributed by atoms with Gasteiger partial charge in [-0.25, -0.2) is 9.18 Å². The van der Waals surface area contributed by atoms with Crippen molar-refractivity contribution >= 4 is 17.6 Å². The van der Waals surface area contributed by atoms with Gasteiger partial charge in [0.05, 0.1) is 12.2 Å². The molecule has 0 radical (unpaired) electrons. The molecule has 1 aromatic carbocycles. The zero-order valence-corrected chi connectivity index (χ0v) is 24.8. The third-order valence-electron chi connectivity index (χ3n) is 8.21. The predicted octanol–water partition coefficient (Wildman–Crippen LogP) is 4.33. The molecule has 0 saturated carbocycles. The highest BCUT2D eigenvalue weighted by atomic mass is 19.1. The zero-order chi connectivity index (χ0) is 28.6. The number of hydrogen-bond donors (Lipinski definition) is 0. The Hall–Kier alpha value is -3.14. The Morgan fingerprint density at radius 2 is 1.80 bits per heavy atom. The molecule has 1 atom stereocenters. The van der Waals surface area contributed by atoms with E-state index in [1.807, 2.05) is 40.7 Å². The van der Waals surface area contributed by atoms with Crippen LogP contribution in [0.5, 0.6) is 6.01 Å². The van der Waals surface area contributed by atoms with Crippen molar-refractivity contribution in [2.24, 2.45) is 0 Å². The van der Waals surface area contributed by atoms with Gasteiger partial charge in [0, 0.05) is 55.6 Å². The van der Waals surface area contributed by atoms with Crippen LogP contribution in [0.15, 0.2) is 12.1 Å². The lowest BCUT2D eigenvalue weighted by Gasteiger charge is -2.38. The number of nitrogens with zero attached hydrogens (tertiary/aromatic N) is 6. The van der Waals surface area contributed by atoms with E-state index in [2.05, 4.69) is 21.7 Å². The summed E-state index contributed by atoms with van der Waals surface area (Å²) in [5.74, 6) is 0.693. The number of ether oxygens (including phenoxy) is 2. The largest absolute Gasteiger partial charge is 0.462 e. The van der Waals surface area contributed by atoms with E-state index < -0.39 is 5.60 Å². The Bertz CT molecular complexity index is 1240. The van der Waals surface area contributed by atoms with E-state index in [4.69, 9.17) is 19.4 Å². The monoisotopic (exact) mass is 554 g/mol. The summed E-state index contributed by atoms with van der Waals surface area (Å²) >= 11 is 0. The van der Waals surface area contributed by atoms with Crippen molar-refractivity contribution < 1.29 is 18.7 Å². The maximum absolute atomic E-state index is 14.5. The number of aromatic nitrogens is 2. The SMILES string of the molecule is Cc1ccc(F)c(C)c1N1CCc2c(nc(OC[C@@H]3CCCN3C)nc2N2CCN(C(=O)OC(C)(C)C)CC2)C1. The van der Waals surface area contributed by atoms with Crippen molar-refractivity contribution in [3.63, 3.8) is 0 Å². The summed E-state index contributed by atoms with van der Waals surface area (Å²) < 4.78 is 26.3. The molecule has 9 nitrogen and oxygen atoms in total. The first kappa shape index (κ1) is 28.4. The average Bonchev–Trinajstić information content (AvgIpc) is 3.32. The van der Waals surface area contributed by atoms with Gasteiger partial charge in [0.2, 0.25) is 0 Å². The molecule has 40 heavy (non-hydrogen) atoms. The maximum Gasteiger partial charge on any atom is 0.410 e. The number of halogens is 1. The van der Waals surface area contributed by atoms with Crippen LogP contribution >= 0.6 is 0 Å². The lowest BCUT2D eigenvalue weighted by Crippen LogP contribution is -2.50.